The molecule has 4 amide bonds. The molecule has 3 rings (SSSR count). The summed E-state index contributed by atoms with van der Waals surface area (Å²) in [5.41, 5.74) is 0.234. The van der Waals surface area contributed by atoms with E-state index in [0.717, 1.165) is 4.90 Å². The number of nitrogens with zero attached hydrogens (tertiary/aromatic N) is 3. The minimum Gasteiger partial charge on any atom is -0.334 e. The first-order valence-electron chi connectivity index (χ1n) is 7.30. The van der Waals surface area contributed by atoms with Gasteiger partial charge < -0.3 is 9.80 Å². The molecule has 1 atom stereocenters. The lowest BCUT2D eigenvalue weighted by atomic mass is 10.1. The maximum Gasteiger partial charge on any atom is 0.327 e. The summed E-state index contributed by atoms with van der Waals surface area (Å²) in [6, 6.07) is 4.41. The number of urea groups is 1. The van der Waals surface area contributed by atoms with Crippen LogP contribution in [0.5, 0.6) is 0 Å². The average Bonchev–Trinajstić information content (AvgIpc) is 2.79. The highest BCUT2D eigenvalue weighted by molar-refractivity contribution is 6.05. The van der Waals surface area contributed by atoms with Gasteiger partial charge in [0.05, 0.1) is 6.54 Å². The summed E-state index contributed by atoms with van der Waals surface area (Å²) in [5.74, 6) is -1.16. The van der Waals surface area contributed by atoms with Gasteiger partial charge in [-0.25, -0.2) is 9.18 Å². The van der Waals surface area contributed by atoms with Crippen molar-refractivity contribution in [1.82, 2.24) is 14.7 Å². The number of imide groups is 1. The summed E-state index contributed by atoms with van der Waals surface area (Å²) in [6.45, 7) is 4.40. The summed E-state index contributed by atoms with van der Waals surface area (Å²) in [6.07, 6.45) is 1.49. The molecule has 2 aliphatic heterocycles. The van der Waals surface area contributed by atoms with Crippen molar-refractivity contribution < 1.29 is 18.8 Å². The Labute approximate surface area is 132 Å². The van der Waals surface area contributed by atoms with Gasteiger partial charge in [0, 0.05) is 25.2 Å². The number of carbonyl (C=O) groups is 3. The minimum absolute atomic E-state index is 0.119. The topological polar surface area (TPSA) is 60.9 Å². The summed E-state index contributed by atoms with van der Waals surface area (Å²) in [7, 11) is 0. The van der Waals surface area contributed by atoms with Crippen LogP contribution < -0.4 is 0 Å². The number of carbonyl (C=O) groups excluding carboxylic acids is 3. The molecule has 2 fully saturated rings. The van der Waals surface area contributed by atoms with Crippen molar-refractivity contribution in [3.63, 3.8) is 0 Å². The molecule has 0 spiro atoms. The Hall–Kier alpha value is -2.70. The predicted octanol–water partition coefficient (Wildman–Crippen LogP) is 1.10. The van der Waals surface area contributed by atoms with E-state index in [2.05, 4.69) is 6.58 Å². The lowest BCUT2D eigenvalue weighted by Gasteiger charge is -2.35. The summed E-state index contributed by atoms with van der Waals surface area (Å²) in [4.78, 5) is 41.0. The fraction of sp³-hybridized carbons (Fsp3) is 0.312. The Kier molecular flexibility index (Phi) is 3.85. The van der Waals surface area contributed by atoms with E-state index in [1.165, 1.54) is 40.1 Å². The quantitative estimate of drug-likeness (QED) is 0.619. The number of amides is 4. The standard InChI is InChI=1S/C16H16FN3O3/c1-2-6-20-15(22)13-10-18(7-8-19(13)16(20)23)14(21)11-4-3-5-12(17)9-11/h2-5,9,13H,1,6-8,10H2/t13-/m1/s1. The van der Waals surface area contributed by atoms with Crippen LogP contribution in [0.3, 0.4) is 0 Å². The largest absolute Gasteiger partial charge is 0.334 e. The first-order valence-corrected chi connectivity index (χ1v) is 7.30. The van der Waals surface area contributed by atoms with Crippen molar-refractivity contribution in [2.75, 3.05) is 26.2 Å². The van der Waals surface area contributed by atoms with Gasteiger partial charge in [0.2, 0.25) is 0 Å². The molecule has 0 saturated carbocycles. The third-order valence-electron chi connectivity index (χ3n) is 4.08. The zero-order valence-electron chi connectivity index (χ0n) is 12.4. The molecule has 0 unspecified atom stereocenters. The number of fused-ring (bicyclic) bond motifs is 1. The molecule has 23 heavy (non-hydrogen) atoms. The first-order chi connectivity index (χ1) is 11.0. The van der Waals surface area contributed by atoms with E-state index in [-0.39, 0.29) is 43.0 Å². The van der Waals surface area contributed by atoms with Crippen LogP contribution in [-0.4, -0.2) is 64.8 Å². The second-order valence-corrected chi connectivity index (χ2v) is 5.49. The number of piperazine rings is 1. The van der Waals surface area contributed by atoms with Crippen LogP contribution in [-0.2, 0) is 4.79 Å². The number of benzene rings is 1. The average molecular weight is 317 g/mol. The highest BCUT2D eigenvalue weighted by Crippen LogP contribution is 2.23. The van der Waals surface area contributed by atoms with Gasteiger partial charge in [0.25, 0.3) is 11.8 Å². The fourth-order valence-corrected chi connectivity index (χ4v) is 2.94. The van der Waals surface area contributed by atoms with Crippen LogP contribution in [0.1, 0.15) is 10.4 Å². The van der Waals surface area contributed by atoms with E-state index in [4.69, 9.17) is 0 Å². The smallest absolute Gasteiger partial charge is 0.327 e. The molecule has 0 bridgehead atoms. The van der Waals surface area contributed by atoms with Crippen LogP contribution in [0, 0.1) is 5.82 Å². The van der Waals surface area contributed by atoms with Gasteiger partial charge in [-0.1, -0.05) is 12.1 Å². The normalized spacial score (nSPS) is 20.7. The molecule has 1 aromatic rings. The van der Waals surface area contributed by atoms with Gasteiger partial charge in [-0.15, -0.1) is 6.58 Å². The SMILES string of the molecule is C=CCN1C(=O)[C@H]2CN(C(=O)c3cccc(F)c3)CCN2C1=O. The fourth-order valence-electron chi connectivity index (χ4n) is 2.94. The zero-order valence-corrected chi connectivity index (χ0v) is 12.4. The lowest BCUT2D eigenvalue weighted by Crippen LogP contribution is -2.54. The van der Waals surface area contributed by atoms with Crippen molar-refractivity contribution in [2.24, 2.45) is 0 Å². The minimum atomic E-state index is -0.672. The number of hydrogen-bond donors (Lipinski definition) is 0. The Morgan fingerprint density at radius 3 is 2.83 bits per heavy atom. The summed E-state index contributed by atoms with van der Waals surface area (Å²) < 4.78 is 13.3. The molecule has 0 aromatic heterocycles. The maximum atomic E-state index is 13.3. The monoisotopic (exact) mass is 317 g/mol. The highest BCUT2D eigenvalue weighted by Gasteiger charge is 2.47. The van der Waals surface area contributed by atoms with Crippen molar-refractivity contribution in [1.29, 1.82) is 0 Å². The first kappa shape index (κ1) is 15.2. The summed E-state index contributed by atoms with van der Waals surface area (Å²) in [5, 5.41) is 0. The van der Waals surface area contributed by atoms with Crippen LogP contribution in [0.2, 0.25) is 0 Å². The molecule has 2 saturated heterocycles. The molecule has 2 aliphatic rings. The Morgan fingerprint density at radius 1 is 1.35 bits per heavy atom. The third kappa shape index (κ3) is 2.58. The van der Waals surface area contributed by atoms with E-state index < -0.39 is 11.9 Å². The van der Waals surface area contributed by atoms with Crippen LogP contribution >= 0.6 is 0 Å². The van der Waals surface area contributed by atoms with Gasteiger partial charge in [0.15, 0.2) is 0 Å². The molecular weight excluding hydrogens is 301 g/mol. The number of rotatable bonds is 3. The number of halogens is 1. The van der Waals surface area contributed by atoms with Crippen molar-refractivity contribution in [3.8, 4) is 0 Å². The summed E-state index contributed by atoms with van der Waals surface area (Å²) >= 11 is 0. The van der Waals surface area contributed by atoms with Gasteiger partial charge in [-0.2, -0.15) is 0 Å². The van der Waals surface area contributed by atoms with E-state index in [1.807, 2.05) is 0 Å². The van der Waals surface area contributed by atoms with Crippen LogP contribution in [0.4, 0.5) is 9.18 Å². The predicted molar refractivity (Wildman–Crippen MR) is 80.1 cm³/mol. The molecule has 6 nitrogen and oxygen atoms in total. The molecule has 1 aromatic carbocycles. The Morgan fingerprint density at radius 2 is 2.13 bits per heavy atom. The molecule has 2 heterocycles. The second-order valence-electron chi connectivity index (χ2n) is 5.49. The number of hydrogen-bond acceptors (Lipinski definition) is 3. The molecule has 0 N–H and O–H groups in total. The van der Waals surface area contributed by atoms with Crippen molar-refractivity contribution in [3.05, 3.63) is 48.3 Å². The van der Waals surface area contributed by atoms with Crippen LogP contribution in [0.15, 0.2) is 36.9 Å². The highest BCUT2D eigenvalue weighted by atomic mass is 19.1. The van der Waals surface area contributed by atoms with Crippen molar-refractivity contribution >= 4 is 17.8 Å². The Balaban J connectivity index is 1.77. The Bertz CT molecular complexity index is 691. The van der Waals surface area contributed by atoms with E-state index in [1.54, 1.807) is 0 Å². The van der Waals surface area contributed by atoms with Gasteiger partial charge >= 0.3 is 6.03 Å². The van der Waals surface area contributed by atoms with Crippen LogP contribution in [0.25, 0.3) is 0 Å². The molecule has 0 aliphatic carbocycles. The third-order valence-corrected chi connectivity index (χ3v) is 4.08. The lowest BCUT2D eigenvalue weighted by molar-refractivity contribution is -0.128. The van der Waals surface area contributed by atoms with E-state index >= 15 is 0 Å². The molecule has 7 heteroatoms. The zero-order chi connectivity index (χ0) is 16.6. The molecule has 0 radical (unpaired) electrons. The van der Waals surface area contributed by atoms with Gasteiger partial charge in [-0.05, 0) is 18.2 Å². The van der Waals surface area contributed by atoms with E-state index in [9.17, 15) is 18.8 Å². The second kappa shape index (κ2) is 5.83. The van der Waals surface area contributed by atoms with Crippen molar-refractivity contribution in [2.45, 2.75) is 6.04 Å². The van der Waals surface area contributed by atoms with E-state index in [0.29, 0.717) is 6.54 Å². The van der Waals surface area contributed by atoms with Gasteiger partial charge in [-0.3, -0.25) is 14.5 Å². The maximum absolute atomic E-state index is 13.3. The van der Waals surface area contributed by atoms with Gasteiger partial charge in [0.1, 0.15) is 11.9 Å². The molecular formula is C16H16FN3O3. The molecule has 120 valence electrons.